The van der Waals surface area contributed by atoms with Gasteiger partial charge in [0, 0.05) is 11.7 Å². The number of ether oxygens (including phenoxy) is 1. The van der Waals surface area contributed by atoms with Gasteiger partial charge in [-0.1, -0.05) is 23.7 Å². The van der Waals surface area contributed by atoms with Gasteiger partial charge in [0.25, 0.3) is 0 Å². The summed E-state index contributed by atoms with van der Waals surface area (Å²) in [5, 5.41) is 3.13. The average molecular weight is 316 g/mol. The maximum absolute atomic E-state index is 13.1. The Kier molecular flexibility index (Phi) is 4.96. The Bertz CT molecular complexity index is 622. The van der Waals surface area contributed by atoms with Crippen LogP contribution in [-0.2, 0) is 0 Å². The first-order chi connectivity index (χ1) is 9.95. The van der Waals surface area contributed by atoms with Crippen molar-refractivity contribution in [1.82, 2.24) is 0 Å². The molecule has 0 aliphatic carbocycles. The topological polar surface area (TPSA) is 21.3 Å². The Morgan fingerprint density at radius 1 is 1.14 bits per heavy atom. The van der Waals surface area contributed by atoms with Crippen LogP contribution in [0.4, 0.5) is 18.9 Å². The Morgan fingerprint density at radius 2 is 1.90 bits per heavy atom. The molecule has 2 nitrogen and oxygen atoms in total. The molecule has 0 aromatic heterocycles. The number of benzene rings is 2. The van der Waals surface area contributed by atoms with Crippen LogP contribution in [0.15, 0.2) is 42.5 Å². The number of halogens is 4. The van der Waals surface area contributed by atoms with E-state index in [0.29, 0.717) is 5.69 Å². The number of anilines is 1. The molecule has 0 heterocycles. The van der Waals surface area contributed by atoms with Gasteiger partial charge in [-0.3, -0.25) is 0 Å². The van der Waals surface area contributed by atoms with E-state index in [4.69, 9.17) is 11.6 Å². The van der Waals surface area contributed by atoms with Crippen LogP contribution < -0.4 is 10.1 Å². The zero-order chi connectivity index (χ0) is 15.4. The van der Waals surface area contributed by atoms with Crippen molar-refractivity contribution in [2.75, 3.05) is 5.32 Å². The quantitative estimate of drug-likeness (QED) is 0.813. The highest BCUT2D eigenvalue weighted by Crippen LogP contribution is 2.26. The van der Waals surface area contributed by atoms with Crippen molar-refractivity contribution in [3.8, 4) is 5.75 Å². The van der Waals surface area contributed by atoms with Crippen molar-refractivity contribution >= 4 is 17.3 Å². The van der Waals surface area contributed by atoms with Crippen LogP contribution in [0.1, 0.15) is 18.5 Å². The number of alkyl halides is 2. The number of rotatable bonds is 5. The van der Waals surface area contributed by atoms with E-state index in [1.165, 1.54) is 24.3 Å². The molecule has 0 radical (unpaired) electrons. The molecule has 2 aromatic rings. The fraction of sp³-hybridized carbons (Fsp3) is 0.200. The van der Waals surface area contributed by atoms with Gasteiger partial charge < -0.3 is 10.1 Å². The van der Waals surface area contributed by atoms with E-state index in [-0.39, 0.29) is 16.8 Å². The van der Waals surface area contributed by atoms with Crippen LogP contribution in [0.3, 0.4) is 0 Å². The molecule has 0 aliphatic rings. The van der Waals surface area contributed by atoms with Crippen molar-refractivity contribution in [3.63, 3.8) is 0 Å². The highest BCUT2D eigenvalue weighted by molar-refractivity contribution is 6.31. The van der Waals surface area contributed by atoms with E-state index in [9.17, 15) is 13.2 Å². The molecule has 21 heavy (non-hydrogen) atoms. The van der Waals surface area contributed by atoms with Crippen LogP contribution in [-0.4, -0.2) is 6.61 Å². The highest BCUT2D eigenvalue weighted by Gasteiger charge is 2.10. The third-order valence-electron chi connectivity index (χ3n) is 2.89. The second-order valence-electron chi connectivity index (χ2n) is 4.45. The zero-order valence-electron chi connectivity index (χ0n) is 11.1. The Morgan fingerprint density at radius 3 is 2.57 bits per heavy atom. The lowest BCUT2D eigenvalue weighted by atomic mass is 10.1. The van der Waals surface area contributed by atoms with Crippen molar-refractivity contribution < 1.29 is 17.9 Å². The van der Waals surface area contributed by atoms with Crippen LogP contribution in [0.2, 0.25) is 5.02 Å². The minimum absolute atomic E-state index is 0.0157. The molecular weight excluding hydrogens is 303 g/mol. The van der Waals surface area contributed by atoms with Gasteiger partial charge in [0.05, 0.1) is 5.02 Å². The number of nitrogens with one attached hydrogen (secondary N) is 1. The lowest BCUT2D eigenvalue weighted by molar-refractivity contribution is -0.0498. The molecule has 0 bridgehead atoms. The zero-order valence-corrected chi connectivity index (χ0v) is 11.9. The second kappa shape index (κ2) is 6.72. The lowest BCUT2D eigenvalue weighted by Gasteiger charge is -2.17. The highest BCUT2D eigenvalue weighted by atomic mass is 35.5. The Balaban J connectivity index is 2.12. The summed E-state index contributed by atoms with van der Waals surface area (Å²) in [5.74, 6) is -0.407. The molecule has 0 fully saturated rings. The van der Waals surface area contributed by atoms with Crippen molar-refractivity contribution in [2.24, 2.45) is 0 Å². The Hall–Kier alpha value is -1.88. The molecule has 2 rings (SSSR count). The fourth-order valence-electron chi connectivity index (χ4n) is 1.88. The largest absolute Gasteiger partial charge is 0.435 e. The van der Waals surface area contributed by atoms with Gasteiger partial charge in [0.1, 0.15) is 11.6 Å². The van der Waals surface area contributed by atoms with E-state index in [1.54, 1.807) is 18.2 Å². The Labute approximate surface area is 125 Å². The fourth-order valence-corrected chi connectivity index (χ4v) is 2.06. The van der Waals surface area contributed by atoms with Gasteiger partial charge in [0.2, 0.25) is 0 Å². The third kappa shape index (κ3) is 4.29. The van der Waals surface area contributed by atoms with Gasteiger partial charge >= 0.3 is 6.61 Å². The molecule has 1 N–H and O–H groups in total. The molecule has 0 saturated carbocycles. The first-order valence-electron chi connectivity index (χ1n) is 6.22. The van der Waals surface area contributed by atoms with E-state index >= 15 is 0 Å². The molecule has 6 heteroatoms. The first-order valence-corrected chi connectivity index (χ1v) is 6.60. The van der Waals surface area contributed by atoms with Gasteiger partial charge in [-0.15, -0.1) is 0 Å². The summed E-state index contributed by atoms with van der Waals surface area (Å²) in [7, 11) is 0. The van der Waals surface area contributed by atoms with Gasteiger partial charge in [0.15, 0.2) is 0 Å². The maximum atomic E-state index is 13.1. The summed E-state index contributed by atoms with van der Waals surface area (Å²) in [6.07, 6.45) is 0. The van der Waals surface area contributed by atoms with Crippen LogP contribution >= 0.6 is 11.6 Å². The summed E-state index contributed by atoms with van der Waals surface area (Å²) in [5.41, 5.74) is 1.39. The summed E-state index contributed by atoms with van der Waals surface area (Å²) in [6, 6.07) is 10.5. The average Bonchev–Trinajstić information content (AvgIpc) is 2.42. The predicted octanol–water partition coefficient (Wildman–Crippen LogP) is 5.25. The minimum Gasteiger partial charge on any atom is -0.435 e. The molecule has 0 spiro atoms. The van der Waals surface area contributed by atoms with E-state index in [2.05, 4.69) is 10.1 Å². The third-order valence-corrected chi connectivity index (χ3v) is 3.18. The molecule has 1 atom stereocenters. The maximum Gasteiger partial charge on any atom is 0.387 e. The van der Waals surface area contributed by atoms with Crippen molar-refractivity contribution in [2.45, 2.75) is 19.6 Å². The second-order valence-corrected chi connectivity index (χ2v) is 4.85. The molecule has 0 saturated heterocycles. The van der Waals surface area contributed by atoms with Crippen molar-refractivity contribution in [1.29, 1.82) is 0 Å². The van der Waals surface area contributed by atoms with E-state index in [1.807, 2.05) is 6.92 Å². The molecular formula is C15H13ClF3NO. The molecule has 0 aliphatic heterocycles. The molecule has 1 unspecified atom stereocenters. The van der Waals surface area contributed by atoms with Crippen LogP contribution in [0.5, 0.6) is 5.75 Å². The molecule has 2 aromatic carbocycles. The monoisotopic (exact) mass is 315 g/mol. The van der Waals surface area contributed by atoms with Gasteiger partial charge in [-0.25, -0.2) is 4.39 Å². The summed E-state index contributed by atoms with van der Waals surface area (Å²) in [4.78, 5) is 0. The molecule has 112 valence electrons. The van der Waals surface area contributed by atoms with Crippen LogP contribution in [0, 0.1) is 5.82 Å². The summed E-state index contributed by atoms with van der Waals surface area (Å²) in [6.45, 7) is -1.02. The number of hydrogen-bond donors (Lipinski definition) is 1. The summed E-state index contributed by atoms with van der Waals surface area (Å²) >= 11 is 5.71. The van der Waals surface area contributed by atoms with Crippen LogP contribution in [0.25, 0.3) is 0 Å². The van der Waals surface area contributed by atoms with Crippen molar-refractivity contribution in [3.05, 3.63) is 58.9 Å². The van der Waals surface area contributed by atoms with Gasteiger partial charge in [-0.05, 0) is 42.8 Å². The SMILES string of the molecule is CC(Nc1ccc(F)c(Cl)c1)c1cccc(OC(F)F)c1. The van der Waals surface area contributed by atoms with E-state index < -0.39 is 12.4 Å². The normalized spacial score (nSPS) is 12.3. The lowest BCUT2D eigenvalue weighted by Crippen LogP contribution is -2.08. The first kappa shape index (κ1) is 15.5. The smallest absolute Gasteiger partial charge is 0.387 e. The predicted molar refractivity (Wildman–Crippen MR) is 76.5 cm³/mol. The van der Waals surface area contributed by atoms with E-state index in [0.717, 1.165) is 5.56 Å². The standard InChI is InChI=1S/C15H13ClF3NO/c1-9(20-11-5-6-14(17)13(16)8-11)10-3-2-4-12(7-10)21-15(18)19/h2-9,15,20H,1H3. The summed E-state index contributed by atoms with van der Waals surface area (Å²) < 4.78 is 41.8. The van der Waals surface area contributed by atoms with Gasteiger partial charge in [-0.2, -0.15) is 8.78 Å². The minimum atomic E-state index is -2.86. The number of hydrogen-bond acceptors (Lipinski definition) is 2. The molecule has 0 amide bonds.